The second-order valence-corrected chi connectivity index (χ2v) is 8.92. The van der Waals surface area contributed by atoms with Crippen LogP contribution < -0.4 is 10.6 Å². The Morgan fingerprint density at radius 3 is 2.62 bits per heavy atom. The van der Waals surface area contributed by atoms with Gasteiger partial charge in [0.2, 0.25) is 5.91 Å². The molecule has 0 bridgehead atoms. The van der Waals surface area contributed by atoms with Gasteiger partial charge in [-0.15, -0.1) is 11.3 Å². The molecule has 0 aliphatic carbocycles. The molecule has 6 nitrogen and oxygen atoms in total. The van der Waals surface area contributed by atoms with Crippen molar-refractivity contribution in [1.82, 2.24) is 15.2 Å². The number of amides is 2. The van der Waals surface area contributed by atoms with E-state index in [0.29, 0.717) is 30.1 Å². The van der Waals surface area contributed by atoms with Gasteiger partial charge in [0.15, 0.2) is 5.13 Å². The number of carbonyl (C=O) groups is 2. The summed E-state index contributed by atoms with van der Waals surface area (Å²) in [5.41, 5.74) is 1.64. The smallest absolute Gasteiger partial charge is 0.251 e. The highest BCUT2D eigenvalue weighted by atomic mass is 32.1. The summed E-state index contributed by atoms with van der Waals surface area (Å²) in [5.74, 6) is 1.26. The van der Waals surface area contributed by atoms with E-state index in [1.54, 1.807) is 12.1 Å². The van der Waals surface area contributed by atoms with E-state index in [-0.39, 0.29) is 11.8 Å². The monoisotopic (exact) mass is 414 g/mol. The van der Waals surface area contributed by atoms with Crippen LogP contribution in [0.3, 0.4) is 0 Å². The summed E-state index contributed by atoms with van der Waals surface area (Å²) in [4.78, 5) is 31.1. The summed E-state index contributed by atoms with van der Waals surface area (Å²) < 4.78 is 0. The highest BCUT2D eigenvalue weighted by Crippen LogP contribution is 2.24. The molecule has 7 heteroatoms. The van der Waals surface area contributed by atoms with Gasteiger partial charge < -0.3 is 10.6 Å². The van der Waals surface area contributed by atoms with Crippen LogP contribution in [0.5, 0.6) is 0 Å². The van der Waals surface area contributed by atoms with Crippen LogP contribution in [0.2, 0.25) is 0 Å². The van der Waals surface area contributed by atoms with E-state index in [2.05, 4.69) is 34.4 Å². The molecule has 1 aliphatic heterocycles. The molecule has 0 spiro atoms. The number of carbonyl (C=O) groups excluding carboxylic acids is 2. The SMILES string of the molecule is C[C@@H]1C[C@H](C)CN(Cc2csc(NC(=O)CCCNC(=O)c3ccccc3)n2)C1. The van der Waals surface area contributed by atoms with Gasteiger partial charge >= 0.3 is 0 Å². The lowest BCUT2D eigenvalue weighted by atomic mass is 9.92. The van der Waals surface area contributed by atoms with Crippen LogP contribution in [0.1, 0.15) is 49.2 Å². The Labute approximate surface area is 176 Å². The highest BCUT2D eigenvalue weighted by Gasteiger charge is 2.22. The van der Waals surface area contributed by atoms with Crippen LogP contribution in [0, 0.1) is 11.8 Å². The Morgan fingerprint density at radius 1 is 1.17 bits per heavy atom. The van der Waals surface area contributed by atoms with Gasteiger partial charge in [-0.1, -0.05) is 32.0 Å². The average molecular weight is 415 g/mol. The Bertz CT molecular complexity index is 798. The zero-order valence-electron chi connectivity index (χ0n) is 17.2. The molecular weight excluding hydrogens is 384 g/mol. The molecule has 3 rings (SSSR count). The third-order valence-corrected chi connectivity index (χ3v) is 5.84. The first kappa shape index (κ1) is 21.5. The second kappa shape index (κ2) is 10.5. The van der Waals surface area contributed by atoms with Crippen LogP contribution in [0.25, 0.3) is 0 Å². The standard InChI is InChI=1S/C22H30N4O2S/c1-16-11-17(2)13-26(12-16)14-19-15-29-22(24-19)25-20(27)9-6-10-23-21(28)18-7-4-3-5-8-18/h3-5,7-8,15-17H,6,9-14H2,1-2H3,(H,23,28)(H,24,25,27)/t16-,17+. The third-order valence-electron chi connectivity index (χ3n) is 5.03. The molecular formula is C22H30N4O2S. The predicted octanol–water partition coefficient (Wildman–Crippen LogP) is 3.77. The highest BCUT2D eigenvalue weighted by molar-refractivity contribution is 7.13. The minimum atomic E-state index is -0.114. The normalized spacial score (nSPS) is 19.7. The summed E-state index contributed by atoms with van der Waals surface area (Å²) in [5, 5.41) is 8.39. The lowest BCUT2D eigenvalue weighted by Gasteiger charge is -2.34. The second-order valence-electron chi connectivity index (χ2n) is 8.06. The minimum absolute atomic E-state index is 0.0694. The number of benzene rings is 1. The zero-order valence-corrected chi connectivity index (χ0v) is 18.0. The van der Waals surface area contributed by atoms with Crippen molar-refractivity contribution in [1.29, 1.82) is 0 Å². The van der Waals surface area contributed by atoms with Gasteiger partial charge in [0.1, 0.15) is 0 Å². The molecule has 1 aromatic heterocycles. The first-order chi connectivity index (χ1) is 14.0. The molecule has 2 aromatic rings. The van der Waals surface area contributed by atoms with Gasteiger partial charge in [0.05, 0.1) is 5.69 Å². The summed E-state index contributed by atoms with van der Waals surface area (Å²) in [6.07, 6.45) is 2.23. The van der Waals surface area contributed by atoms with Crippen molar-refractivity contribution in [2.45, 2.75) is 39.7 Å². The Balaban J connectivity index is 1.36. The predicted molar refractivity (Wildman–Crippen MR) is 117 cm³/mol. The first-order valence-electron chi connectivity index (χ1n) is 10.3. The number of hydrogen-bond acceptors (Lipinski definition) is 5. The molecule has 0 radical (unpaired) electrons. The number of nitrogens with zero attached hydrogens (tertiary/aromatic N) is 2. The summed E-state index contributed by atoms with van der Waals surface area (Å²) in [7, 11) is 0. The van der Waals surface area contributed by atoms with Crippen LogP contribution in [0.15, 0.2) is 35.7 Å². The molecule has 156 valence electrons. The number of piperidine rings is 1. The number of aromatic nitrogens is 1. The lowest BCUT2D eigenvalue weighted by Crippen LogP contribution is -2.38. The van der Waals surface area contributed by atoms with Crippen LogP contribution in [0.4, 0.5) is 5.13 Å². The molecule has 1 saturated heterocycles. The van der Waals surface area contributed by atoms with Crippen LogP contribution in [-0.2, 0) is 11.3 Å². The van der Waals surface area contributed by atoms with E-state index in [1.807, 2.05) is 23.6 Å². The van der Waals surface area contributed by atoms with Crippen molar-refractivity contribution >= 4 is 28.3 Å². The molecule has 2 atom stereocenters. The van der Waals surface area contributed by atoms with E-state index in [1.165, 1.54) is 17.8 Å². The van der Waals surface area contributed by atoms with Crippen molar-refractivity contribution in [3.8, 4) is 0 Å². The Morgan fingerprint density at radius 2 is 1.90 bits per heavy atom. The molecule has 1 fully saturated rings. The molecule has 0 unspecified atom stereocenters. The molecule has 0 saturated carbocycles. The van der Waals surface area contributed by atoms with E-state index in [9.17, 15) is 9.59 Å². The number of rotatable bonds is 8. The maximum absolute atomic E-state index is 12.1. The summed E-state index contributed by atoms with van der Waals surface area (Å²) in [6.45, 7) is 8.13. The van der Waals surface area contributed by atoms with Gasteiger partial charge in [0, 0.05) is 43.5 Å². The topological polar surface area (TPSA) is 74.3 Å². The van der Waals surface area contributed by atoms with Crippen LogP contribution >= 0.6 is 11.3 Å². The van der Waals surface area contributed by atoms with E-state index < -0.39 is 0 Å². The van der Waals surface area contributed by atoms with Gasteiger partial charge in [-0.05, 0) is 36.8 Å². The third kappa shape index (κ3) is 6.94. The van der Waals surface area contributed by atoms with Crippen molar-refractivity contribution in [3.63, 3.8) is 0 Å². The fourth-order valence-corrected chi connectivity index (χ4v) is 4.63. The fourth-order valence-electron chi connectivity index (χ4n) is 3.91. The molecule has 2 N–H and O–H groups in total. The number of anilines is 1. The lowest BCUT2D eigenvalue weighted by molar-refractivity contribution is -0.116. The average Bonchev–Trinajstić information content (AvgIpc) is 3.11. The van der Waals surface area contributed by atoms with E-state index in [0.717, 1.165) is 37.2 Å². The quantitative estimate of drug-likeness (QED) is 0.645. The fraction of sp³-hybridized carbons (Fsp3) is 0.500. The van der Waals surface area contributed by atoms with Gasteiger partial charge in [-0.25, -0.2) is 4.98 Å². The number of nitrogens with one attached hydrogen (secondary N) is 2. The van der Waals surface area contributed by atoms with E-state index >= 15 is 0 Å². The summed E-state index contributed by atoms with van der Waals surface area (Å²) in [6, 6.07) is 9.08. The largest absolute Gasteiger partial charge is 0.352 e. The first-order valence-corrected chi connectivity index (χ1v) is 11.2. The molecule has 1 aliphatic rings. The Kier molecular flexibility index (Phi) is 7.77. The number of likely N-dealkylation sites (tertiary alicyclic amines) is 1. The van der Waals surface area contributed by atoms with Crippen molar-refractivity contribution in [2.75, 3.05) is 25.0 Å². The Hall–Kier alpha value is -2.25. The molecule has 2 heterocycles. The summed E-state index contributed by atoms with van der Waals surface area (Å²) >= 11 is 1.47. The van der Waals surface area contributed by atoms with Crippen molar-refractivity contribution in [2.24, 2.45) is 11.8 Å². The van der Waals surface area contributed by atoms with Crippen molar-refractivity contribution in [3.05, 3.63) is 47.0 Å². The van der Waals surface area contributed by atoms with Gasteiger partial charge in [-0.2, -0.15) is 0 Å². The van der Waals surface area contributed by atoms with Gasteiger partial charge in [-0.3, -0.25) is 14.5 Å². The van der Waals surface area contributed by atoms with Gasteiger partial charge in [0.25, 0.3) is 5.91 Å². The van der Waals surface area contributed by atoms with E-state index in [4.69, 9.17) is 0 Å². The zero-order chi connectivity index (χ0) is 20.6. The van der Waals surface area contributed by atoms with Crippen molar-refractivity contribution < 1.29 is 9.59 Å². The number of thiazole rings is 1. The number of hydrogen-bond donors (Lipinski definition) is 2. The molecule has 2 amide bonds. The molecule has 1 aromatic carbocycles. The molecule has 29 heavy (non-hydrogen) atoms. The maximum atomic E-state index is 12.1. The minimum Gasteiger partial charge on any atom is -0.352 e. The van der Waals surface area contributed by atoms with Crippen LogP contribution in [-0.4, -0.2) is 41.3 Å². The maximum Gasteiger partial charge on any atom is 0.251 e.